The fourth-order valence-corrected chi connectivity index (χ4v) is 2.32. The van der Waals surface area contributed by atoms with Gasteiger partial charge in [-0.05, 0) is 19.3 Å². The Labute approximate surface area is 82.5 Å². The molecular formula is C12H23O. The lowest BCUT2D eigenvalue weighted by Crippen LogP contribution is -2.29. The van der Waals surface area contributed by atoms with Gasteiger partial charge in [-0.1, -0.05) is 51.9 Å². The van der Waals surface area contributed by atoms with E-state index in [4.69, 9.17) is 0 Å². The highest BCUT2D eigenvalue weighted by Gasteiger charge is 2.30. The van der Waals surface area contributed by atoms with Gasteiger partial charge in [-0.15, -0.1) is 0 Å². The van der Waals surface area contributed by atoms with Crippen molar-refractivity contribution in [2.75, 3.05) is 0 Å². The van der Waals surface area contributed by atoms with Crippen LogP contribution in [0.5, 0.6) is 0 Å². The molecule has 0 spiro atoms. The van der Waals surface area contributed by atoms with E-state index in [2.05, 4.69) is 6.92 Å². The van der Waals surface area contributed by atoms with Crippen molar-refractivity contribution in [2.24, 2.45) is 0 Å². The predicted octanol–water partition coefficient (Wildman–Crippen LogP) is 4.09. The smallest absolute Gasteiger partial charge is 0.104 e. The fourth-order valence-electron chi connectivity index (χ4n) is 2.32. The third-order valence-corrected chi connectivity index (χ3v) is 3.25. The summed E-state index contributed by atoms with van der Waals surface area (Å²) in [7, 11) is 0. The molecule has 1 rings (SSSR count). The van der Waals surface area contributed by atoms with Crippen molar-refractivity contribution in [3.63, 3.8) is 0 Å². The summed E-state index contributed by atoms with van der Waals surface area (Å²) >= 11 is 0. The van der Waals surface area contributed by atoms with E-state index in [9.17, 15) is 5.11 Å². The maximum absolute atomic E-state index is 12.1. The molecule has 0 unspecified atom stereocenters. The Morgan fingerprint density at radius 3 is 2.31 bits per heavy atom. The lowest BCUT2D eigenvalue weighted by atomic mass is 9.81. The van der Waals surface area contributed by atoms with E-state index in [0.29, 0.717) is 0 Å². The van der Waals surface area contributed by atoms with Crippen LogP contribution in [0.25, 0.3) is 0 Å². The molecule has 0 saturated heterocycles. The highest BCUT2D eigenvalue weighted by molar-refractivity contribution is 4.81. The van der Waals surface area contributed by atoms with E-state index in [1.165, 1.54) is 38.5 Å². The maximum atomic E-state index is 12.1. The van der Waals surface area contributed by atoms with Gasteiger partial charge in [0.25, 0.3) is 0 Å². The molecule has 0 aliphatic heterocycles. The van der Waals surface area contributed by atoms with Gasteiger partial charge < -0.3 is 0 Å². The van der Waals surface area contributed by atoms with E-state index in [1.807, 2.05) is 0 Å². The molecule has 1 radical (unpaired) electrons. The molecule has 1 fully saturated rings. The lowest BCUT2D eigenvalue weighted by molar-refractivity contribution is -0.0661. The lowest BCUT2D eigenvalue weighted by Gasteiger charge is -2.29. The highest BCUT2D eigenvalue weighted by Crippen LogP contribution is 2.32. The van der Waals surface area contributed by atoms with E-state index in [0.717, 1.165) is 25.7 Å². The molecule has 0 heterocycles. The Balaban J connectivity index is 2.10. The summed E-state index contributed by atoms with van der Waals surface area (Å²) in [5, 5.41) is 12.1. The summed E-state index contributed by atoms with van der Waals surface area (Å²) in [5.74, 6) is 0. The molecule has 0 atom stereocenters. The van der Waals surface area contributed by atoms with Gasteiger partial charge in [-0.25, -0.2) is 5.11 Å². The molecular weight excluding hydrogens is 160 g/mol. The molecule has 0 amide bonds. The first-order valence-corrected chi connectivity index (χ1v) is 5.97. The van der Waals surface area contributed by atoms with Gasteiger partial charge in [0.15, 0.2) is 0 Å². The van der Waals surface area contributed by atoms with Crippen molar-refractivity contribution < 1.29 is 5.11 Å². The summed E-state index contributed by atoms with van der Waals surface area (Å²) in [4.78, 5) is 0. The zero-order valence-corrected chi connectivity index (χ0v) is 8.98. The largest absolute Gasteiger partial charge is 0.229 e. The summed E-state index contributed by atoms with van der Waals surface area (Å²) in [5.41, 5.74) is -0.522. The second kappa shape index (κ2) is 5.64. The average molecular weight is 183 g/mol. The normalized spacial score (nSPS) is 21.7. The molecule has 77 valence electrons. The summed E-state index contributed by atoms with van der Waals surface area (Å²) in [6, 6.07) is 0. The zero-order valence-electron chi connectivity index (χ0n) is 8.98. The van der Waals surface area contributed by atoms with Crippen molar-refractivity contribution in [2.45, 2.75) is 76.7 Å². The molecule has 0 aromatic heterocycles. The van der Waals surface area contributed by atoms with Crippen LogP contribution < -0.4 is 0 Å². The molecule has 0 aromatic rings. The number of hydrogen-bond acceptors (Lipinski definition) is 0. The van der Waals surface area contributed by atoms with Gasteiger partial charge in [0, 0.05) is 0 Å². The van der Waals surface area contributed by atoms with E-state index in [-0.39, 0.29) is 0 Å². The molecule has 13 heavy (non-hydrogen) atoms. The Kier molecular flexibility index (Phi) is 4.79. The van der Waals surface area contributed by atoms with Gasteiger partial charge in [0.2, 0.25) is 0 Å². The average Bonchev–Trinajstić information content (AvgIpc) is 2.14. The Hall–Kier alpha value is -0.0400. The third kappa shape index (κ3) is 4.12. The Morgan fingerprint density at radius 1 is 1.00 bits per heavy atom. The SMILES string of the molecule is CCCCCCC1([O])CCCCC1. The van der Waals surface area contributed by atoms with Crippen LogP contribution in [0, 0.1) is 0 Å². The molecule has 0 bridgehead atoms. The summed E-state index contributed by atoms with van der Waals surface area (Å²) in [6.45, 7) is 2.22. The van der Waals surface area contributed by atoms with Gasteiger partial charge >= 0.3 is 0 Å². The molecule has 0 N–H and O–H groups in total. The van der Waals surface area contributed by atoms with Gasteiger partial charge in [-0.3, -0.25) is 0 Å². The van der Waals surface area contributed by atoms with Crippen LogP contribution in [0.3, 0.4) is 0 Å². The van der Waals surface area contributed by atoms with E-state index < -0.39 is 5.60 Å². The minimum atomic E-state index is -0.522. The molecule has 1 heteroatoms. The predicted molar refractivity (Wildman–Crippen MR) is 55.3 cm³/mol. The molecule has 1 aliphatic rings. The molecule has 1 aliphatic carbocycles. The highest BCUT2D eigenvalue weighted by atomic mass is 16.3. The van der Waals surface area contributed by atoms with Crippen LogP contribution in [-0.4, -0.2) is 5.60 Å². The van der Waals surface area contributed by atoms with Crippen molar-refractivity contribution in [1.29, 1.82) is 0 Å². The first-order valence-electron chi connectivity index (χ1n) is 5.97. The van der Waals surface area contributed by atoms with Crippen molar-refractivity contribution in [3.05, 3.63) is 0 Å². The molecule has 0 aromatic carbocycles. The minimum absolute atomic E-state index is 0.522. The van der Waals surface area contributed by atoms with Crippen molar-refractivity contribution >= 4 is 0 Å². The third-order valence-electron chi connectivity index (χ3n) is 3.25. The van der Waals surface area contributed by atoms with Crippen LogP contribution in [0.1, 0.15) is 71.1 Å². The Morgan fingerprint density at radius 2 is 1.69 bits per heavy atom. The van der Waals surface area contributed by atoms with Crippen LogP contribution in [0.2, 0.25) is 0 Å². The minimum Gasteiger partial charge on any atom is -0.229 e. The van der Waals surface area contributed by atoms with Crippen LogP contribution >= 0.6 is 0 Å². The number of rotatable bonds is 5. The second-order valence-electron chi connectivity index (χ2n) is 4.55. The van der Waals surface area contributed by atoms with E-state index >= 15 is 0 Å². The first-order chi connectivity index (χ1) is 6.27. The number of hydrogen-bond donors (Lipinski definition) is 0. The quantitative estimate of drug-likeness (QED) is 0.572. The topological polar surface area (TPSA) is 19.9 Å². The maximum Gasteiger partial charge on any atom is 0.104 e. The standard InChI is InChI=1S/C12H23O/c1-2-3-4-6-9-12(13)10-7-5-8-11-12/h2-11H2,1H3. The second-order valence-corrected chi connectivity index (χ2v) is 4.55. The monoisotopic (exact) mass is 183 g/mol. The summed E-state index contributed by atoms with van der Waals surface area (Å²) in [6.07, 6.45) is 11.5. The van der Waals surface area contributed by atoms with Gasteiger partial charge in [-0.2, -0.15) is 0 Å². The zero-order chi connectivity index (χ0) is 9.57. The van der Waals surface area contributed by atoms with Gasteiger partial charge in [0.1, 0.15) is 5.60 Å². The van der Waals surface area contributed by atoms with Gasteiger partial charge in [0.05, 0.1) is 0 Å². The molecule has 1 saturated carbocycles. The fraction of sp³-hybridized carbons (Fsp3) is 1.00. The first kappa shape index (κ1) is 11.0. The van der Waals surface area contributed by atoms with Crippen LogP contribution in [-0.2, 0) is 5.11 Å². The van der Waals surface area contributed by atoms with Crippen molar-refractivity contribution in [3.8, 4) is 0 Å². The van der Waals surface area contributed by atoms with Crippen molar-refractivity contribution in [1.82, 2.24) is 0 Å². The summed E-state index contributed by atoms with van der Waals surface area (Å²) < 4.78 is 0. The van der Waals surface area contributed by atoms with Crippen LogP contribution in [0.4, 0.5) is 0 Å². The molecule has 1 nitrogen and oxygen atoms in total. The number of unbranched alkanes of at least 4 members (excludes halogenated alkanes) is 3. The Bertz CT molecular complexity index is 125. The van der Waals surface area contributed by atoms with Crippen LogP contribution in [0.15, 0.2) is 0 Å². The van der Waals surface area contributed by atoms with E-state index in [1.54, 1.807) is 0 Å².